The van der Waals surface area contributed by atoms with Gasteiger partial charge in [-0.05, 0) is 90.3 Å². The number of carbonyl (C=O) groups is 4. The zero-order valence-corrected chi connectivity index (χ0v) is 27.6. The fourth-order valence-electron chi connectivity index (χ4n) is 5.47. The highest BCUT2D eigenvalue weighted by molar-refractivity contribution is 5.92. The SMILES string of the molecule is C=CC(=O)OCCOCCOC(=O)Oc1ccc(OC(=O)c2ccc(-c3ccc(C(=O)OC4CC(C)CCC4C(C)C)cc3)cc2)cc1. The van der Waals surface area contributed by atoms with Crippen molar-refractivity contribution in [1.29, 1.82) is 0 Å². The highest BCUT2D eigenvalue weighted by Gasteiger charge is 2.33. The molecule has 0 aliphatic heterocycles. The molecule has 3 aromatic carbocycles. The molecule has 0 heterocycles. The summed E-state index contributed by atoms with van der Waals surface area (Å²) in [5.41, 5.74) is 2.64. The minimum Gasteiger partial charge on any atom is -0.460 e. The first kappa shape index (κ1) is 35.9. The third-order valence-corrected chi connectivity index (χ3v) is 8.12. The van der Waals surface area contributed by atoms with Crippen LogP contribution in [0.5, 0.6) is 11.5 Å². The molecule has 1 fully saturated rings. The maximum atomic E-state index is 12.9. The molecule has 0 spiro atoms. The van der Waals surface area contributed by atoms with Crippen LogP contribution in [0.2, 0.25) is 0 Å². The summed E-state index contributed by atoms with van der Waals surface area (Å²) in [4.78, 5) is 48.5. The summed E-state index contributed by atoms with van der Waals surface area (Å²) in [6.07, 6.45) is 3.22. The molecule has 3 unspecified atom stereocenters. The summed E-state index contributed by atoms with van der Waals surface area (Å²) in [6.45, 7) is 10.1. The lowest BCUT2D eigenvalue weighted by Crippen LogP contribution is -2.35. The van der Waals surface area contributed by atoms with Gasteiger partial charge >= 0.3 is 24.1 Å². The Morgan fingerprint density at radius 3 is 1.83 bits per heavy atom. The Morgan fingerprint density at radius 1 is 0.729 bits per heavy atom. The highest BCUT2D eigenvalue weighted by Crippen LogP contribution is 2.36. The average Bonchev–Trinajstić information content (AvgIpc) is 3.08. The first-order chi connectivity index (χ1) is 23.1. The topological polar surface area (TPSA) is 124 Å². The Morgan fingerprint density at radius 2 is 1.27 bits per heavy atom. The van der Waals surface area contributed by atoms with Gasteiger partial charge in [-0.25, -0.2) is 19.2 Å². The summed E-state index contributed by atoms with van der Waals surface area (Å²) in [7, 11) is 0. The normalized spacial score (nSPS) is 17.2. The minimum atomic E-state index is -0.926. The fraction of sp³-hybridized carbons (Fsp3) is 0.368. The molecule has 0 radical (unpaired) electrons. The molecule has 0 saturated heterocycles. The molecule has 0 amide bonds. The van der Waals surface area contributed by atoms with E-state index in [4.69, 9.17) is 28.4 Å². The smallest absolute Gasteiger partial charge is 0.460 e. The third-order valence-electron chi connectivity index (χ3n) is 8.12. The summed E-state index contributed by atoms with van der Waals surface area (Å²) in [6, 6.07) is 20.2. The van der Waals surface area contributed by atoms with E-state index in [1.165, 1.54) is 30.7 Å². The maximum Gasteiger partial charge on any atom is 0.513 e. The van der Waals surface area contributed by atoms with Gasteiger partial charge in [0.15, 0.2) is 0 Å². The van der Waals surface area contributed by atoms with Gasteiger partial charge in [0.05, 0.1) is 24.3 Å². The van der Waals surface area contributed by atoms with Gasteiger partial charge < -0.3 is 28.4 Å². The molecule has 1 aliphatic rings. The lowest BCUT2D eigenvalue weighted by atomic mass is 9.75. The van der Waals surface area contributed by atoms with Crippen LogP contribution in [0.15, 0.2) is 85.5 Å². The second-order valence-electron chi connectivity index (χ2n) is 12.0. The van der Waals surface area contributed by atoms with Crippen LogP contribution in [-0.4, -0.2) is 56.6 Å². The van der Waals surface area contributed by atoms with Crippen molar-refractivity contribution in [2.75, 3.05) is 26.4 Å². The van der Waals surface area contributed by atoms with Crippen LogP contribution in [0, 0.1) is 17.8 Å². The van der Waals surface area contributed by atoms with Crippen LogP contribution in [0.25, 0.3) is 11.1 Å². The predicted octanol–water partition coefficient (Wildman–Crippen LogP) is 7.45. The zero-order chi connectivity index (χ0) is 34.5. The molecule has 0 N–H and O–H groups in total. The van der Waals surface area contributed by atoms with Crippen molar-refractivity contribution in [2.24, 2.45) is 17.8 Å². The van der Waals surface area contributed by atoms with E-state index in [-0.39, 0.29) is 50.0 Å². The van der Waals surface area contributed by atoms with Crippen LogP contribution in [0.4, 0.5) is 4.79 Å². The standard InChI is InChI=1S/C38H42O10/c1-5-35(39)44-22-20-43-21-23-45-38(42)47-32-17-15-31(16-18-32)46-36(40)29-11-7-27(8-12-29)28-9-13-30(14-10-28)37(41)48-34-24-26(4)6-19-33(34)25(2)3/h5,7-18,25-26,33-34H,1,6,19-24H2,2-4H3. The van der Waals surface area contributed by atoms with E-state index in [2.05, 4.69) is 27.4 Å². The fourth-order valence-corrected chi connectivity index (χ4v) is 5.47. The molecule has 48 heavy (non-hydrogen) atoms. The van der Waals surface area contributed by atoms with E-state index in [0.29, 0.717) is 28.9 Å². The Kier molecular flexibility index (Phi) is 13.3. The molecule has 1 saturated carbocycles. The van der Waals surface area contributed by atoms with Crippen molar-refractivity contribution < 1.29 is 47.6 Å². The monoisotopic (exact) mass is 658 g/mol. The van der Waals surface area contributed by atoms with Crippen LogP contribution < -0.4 is 9.47 Å². The van der Waals surface area contributed by atoms with Gasteiger partial charge in [-0.2, -0.15) is 0 Å². The van der Waals surface area contributed by atoms with Gasteiger partial charge in [-0.1, -0.05) is 58.0 Å². The summed E-state index contributed by atoms with van der Waals surface area (Å²) in [5, 5.41) is 0. The molecule has 0 bridgehead atoms. The summed E-state index contributed by atoms with van der Waals surface area (Å²) in [5.74, 6) is 0.460. The lowest BCUT2D eigenvalue weighted by Gasteiger charge is -2.36. The quantitative estimate of drug-likeness (QED) is 0.0431. The van der Waals surface area contributed by atoms with E-state index in [0.717, 1.165) is 30.0 Å². The van der Waals surface area contributed by atoms with Crippen molar-refractivity contribution in [3.63, 3.8) is 0 Å². The van der Waals surface area contributed by atoms with E-state index < -0.39 is 18.1 Å². The van der Waals surface area contributed by atoms with Crippen LogP contribution in [-0.2, 0) is 23.7 Å². The maximum absolute atomic E-state index is 12.9. The third kappa shape index (κ3) is 10.8. The van der Waals surface area contributed by atoms with Gasteiger partial charge in [0.25, 0.3) is 0 Å². The van der Waals surface area contributed by atoms with Crippen LogP contribution in [0.1, 0.15) is 60.7 Å². The Bertz CT molecular complexity index is 1530. The van der Waals surface area contributed by atoms with Crippen LogP contribution >= 0.6 is 0 Å². The van der Waals surface area contributed by atoms with E-state index in [9.17, 15) is 19.2 Å². The Labute approximate surface area is 280 Å². The molecule has 1 aliphatic carbocycles. The van der Waals surface area contributed by atoms with Crippen molar-refractivity contribution in [3.8, 4) is 22.6 Å². The number of carbonyl (C=O) groups excluding carboxylic acids is 4. The number of ether oxygens (including phenoxy) is 6. The number of hydrogen-bond acceptors (Lipinski definition) is 10. The van der Waals surface area contributed by atoms with Crippen molar-refractivity contribution in [3.05, 3.63) is 96.6 Å². The molecule has 3 aromatic rings. The predicted molar refractivity (Wildman–Crippen MR) is 178 cm³/mol. The second-order valence-corrected chi connectivity index (χ2v) is 12.0. The van der Waals surface area contributed by atoms with Crippen LogP contribution in [0.3, 0.4) is 0 Å². The van der Waals surface area contributed by atoms with Gasteiger partial charge in [0.1, 0.15) is 30.8 Å². The largest absolute Gasteiger partial charge is 0.513 e. The van der Waals surface area contributed by atoms with E-state index in [1.54, 1.807) is 24.3 Å². The van der Waals surface area contributed by atoms with E-state index >= 15 is 0 Å². The number of esters is 3. The van der Waals surface area contributed by atoms with Crippen molar-refractivity contribution in [2.45, 2.75) is 46.1 Å². The van der Waals surface area contributed by atoms with Crippen molar-refractivity contribution >= 4 is 24.1 Å². The van der Waals surface area contributed by atoms with Gasteiger partial charge in [-0.15, -0.1) is 0 Å². The molecule has 10 heteroatoms. The lowest BCUT2D eigenvalue weighted by molar-refractivity contribution is -0.139. The number of hydrogen-bond donors (Lipinski definition) is 0. The number of benzene rings is 3. The highest BCUT2D eigenvalue weighted by atomic mass is 16.7. The molecule has 3 atom stereocenters. The van der Waals surface area contributed by atoms with Gasteiger partial charge in [-0.3, -0.25) is 0 Å². The van der Waals surface area contributed by atoms with Gasteiger partial charge in [0.2, 0.25) is 0 Å². The average molecular weight is 659 g/mol. The molecular formula is C38H42O10. The van der Waals surface area contributed by atoms with Gasteiger partial charge in [0, 0.05) is 6.08 Å². The number of rotatable bonds is 14. The van der Waals surface area contributed by atoms with Crippen molar-refractivity contribution in [1.82, 2.24) is 0 Å². The Balaban J connectivity index is 1.21. The molecule has 10 nitrogen and oxygen atoms in total. The zero-order valence-electron chi connectivity index (χ0n) is 27.6. The van der Waals surface area contributed by atoms with E-state index in [1.807, 2.05) is 24.3 Å². The second kappa shape index (κ2) is 17.8. The Hall–Kier alpha value is -4.96. The molecule has 254 valence electrons. The minimum absolute atomic E-state index is 0.0542. The first-order valence-electron chi connectivity index (χ1n) is 16.1. The summed E-state index contributed by atoms with van der Waals surface area (Å²) >= 11 is 0. The molecular weight excluding hydrogens is 616 g/mol. The summed E-state index contributed by atoms with van der Waals surface area (Å²) < 4.78 is 31.4. The first-order valence-corrected chi connectivity index (χ1v) is 16.1. The molecule has 0 aromatic heterocycles. The molecule has 4 rings (SSSR count).